The van der Waals surface area contributed by atoms with Gasteiger partial charge in [0.2, 0.25) is 5.91 Å². The summed E-state index contributed by atoms with van der Waals surface area (Å²) in [6, 6.07) is 2.06. The molecule has 0 spiro atoms. The summed E-state index contributed by atoms with van der Waals surface area (Å²) in [7, 11) is 0. The first-order chi connectivity index (χ1) is 11.8. The summed E-state index contributed by atoms with van der Waals surface area (Å²) in [4.78, 5) is 19.0. The topological polar surface area (TPSA) is 54.5 Å². The lowest BCUT2D eigenvalue weighted by molar-refractivity contribution is -0.120. The van der Waals surface area contributed by atoms with Gasteiger partial charge in [0.15, 0.2) is 0 Å². The molecule has 0 saturated carbocycles. The maximum absolute atomic E-state index is 12.0. The molecule has 1 aliphatic heterocycles. The lowest BCUT2D eigenvalue weighted by atomic mass is 10.2. The van der Waals surface area contributed by atoms with E-state index in [2.05, 4.69) is 26.6 Å². The SMILES string of the molecule is O=C(Cc1csc(-c2ccsc2)n1)NCCCCN1CCOCC1. The van der Waals surface area contributed by atoms with Crippen molar-refractivity contribution < 1.29 is 9.53 Å². The minimum Gasteiger partial charge on any atom is -0.379 e. The fourth-order valence-corrected chi connectivity index (χ4v) is 4.18. The second-order valence-corrected chi connectivity index (χ2v) is 7.48. The average Bonchev–Trinajstić information content (AvgIpc) is 3.27. The summed E-state index contributed by atoms with van der Waals surface area (Å²) in [5.74, 6) is 0.0588. The second kappa shape index (κ2) is 9.27. The van der Waals surface area contributed by atoms with E-state index < -0.39 is 0 Å². The molecule has 1 fully saturated rings. The number of nitrogens with one attached hydrogen (secondary N) is 1. The number of carbonyl (C=O) groups excluding carboxylic acids is 1. The van der Waals surface area contributed by atoms with Crippen molar-refractivity contribution in [2.45, 2.75) is 19.3 Å². The molecule has 3 rings (SSSR count). The van der Waals surface area contributed by atoms with E-state index in [1.807, 2.05) is 10.8 Å². The molecule has 0 aliphatic carbocycles. The minimum atomic E-state index is 0.0588. The van der Waals surface area contributed by atoms with Gasteiger partial charge in [0.05, 0.1) is 25.3 Å². The molecule has 0 bridgehead atoms. The molecule has 0 atom stereocenters. The lowest BCUT2D eigenvalue weighted by Crippen LogP contribution is -2.37. The van der Waals surface area contributed by atoms with Crippen LogP contribution in [0.25, 0.3) is 10.6 Å². The van der Waals surface area contributed by atoms with Gasteiger partial charge in [-0.25, -0.2) is 4.98 Å². The largest absolute Gasteiger partial charge is 0.379 e. The summed E-state index contributed by atoms with van der Waals surface area (Å²) in [6.45, 7) is 5.58. The Morgan fingerprint density at radius 3 is 2.96 bits per heavy atom. The molecule has 0 aromatic carbocycles. The van der Waals surface area contributed by atoms with E-state index in [-0.39, 0.29) is 5.91 Å². The van der Waals surface area contributed by atoms with Crippen molar-refractivity contribution in [2.75, 3.05) is 39.4 Å². The van der Waals surface area contributed by atoms with Crippen LogP contribution in [-0.2, 0) is 16.0 Å². The van der Waals surface area contributed by atoms with Crippen LogP contribution in [0, 0.1) is 0 Å². The van der Waals surface area contributed by atoms with Crippen molar-refractivity contribution in [3.05, 3.63) is 27.9 Å². The lowest BCUT2D eigenvalue weighted by Gasteiger charge is -2.26. The summed E-state index contributed by atoms with van der Waals surface area (Å²) < 4.78 is 5.34. The monoisotopic (exact) mass is 365 g/mol. The Balaban J connectivity index is 1.31. The van der Waals surface area contributed by atoms with Crippen molar-refractivity contribution in [1.29, 1.82) is 0 Å². The fraction of sp³-hybridized carbons (Fsp3) is 0.529. The highest BCUT2D eigenvalue weighted by Crippen LogP contribution is 2.25. The number of rotatable bonds is 8. The number of unbranched alkanes of at least 4 members (excludes halogenated alkanes) is 1. The van der Waals surface area contributed by atoms with Crippen LogP contribution in [0.4, 0.5) is 0 Å². The van der Waals surface area contributed by atoms with Crippen LogP contribution in [0.2, 0.25) is 0 Å². The molecule has 0 unspecified atom stereocenters. The summed E-state index contributed by atoms with van der Waals surface area (Å²) in [6.07, 6.45) is 2.49. The number of morpholine rings is 1. The maximum atomic E-state index is 12.0. The first kappa shape index (κ1) is 17.5. The molecule has 0 radical (unpaired) electrons. The Kier molecular flexibility index (Phi) is 6.77. The Morgan fingerprint density at radius 1 is 1.29 bits per heavy atom. The quantitative estimate of drug-likeness (QED) is 0.731. The summed E-state index contributed by atoms with van der Waals surface area (Å²) in [5.41, 5.74) is 1.99. The molecule has 24 heavy (non-hydrogen) atoms. The van der Waals surface area contributed by atoms with Crippen molar-refractivity contribution in [2.24, 2.45) is 0 Å². The molecular weight excluding hydrogens is 342 g/mol. The van der Waals surface area contributed by atoms with Crippen LogP contribution in [0.5, 0.6) is 0 Å². The number of thiophene rings is 1. The van der Waals surface area contributed by atoms with E-state index in [1.54, 1.807) is 22.7 Å². The van der Waals surface area contributed by atoms with Gasteiger partial charge < -0.3 is 10.1 Å². The number of thiazole rings is 1. The number of amides is 1. The van der Waals surface area contributed by atoms with Crippen molar-refractivity contribution in [3.63, 3.8) is 0 Å². The second-order valence-electron chi connectivity index (χ2n) is 5.84. The Labute approximate surface area is 150 Å². The van der Waals surface area contributed by atoms with Gasteiger partial charge in [-0.3, -0.25) is 9.69 Å². The standard InChI is InChI=1S/C17H23N3O2S2/c21-16(18-4-1-2-5-20-6-8-22-9-7-20)11-15-13-24-17(19-15)14-3-10-23-12-14/h3,10,12-13H,1-2,4-9,11H2,(H,18,21). The molecular formula is C17H23N3O2S2. The van der Waals surface area contributed by atoms with Gasteiger partial charge >= 0.3 is 0 Å². The van der Waals surface area contributed by atoms with Gasteiger partial charge in [0.1, 0.15) is 5.01 Å². The molecule has 2 aromatic heterocycles. The van der Waals surface area contributed by atoms with Crippen molar-refractivity contribution in [1.82, 2.24) is 15.2 Å². The highest BCUT2D eigenvalue weighted by atomic mass is 32.1. The first-order valence-electron chi connectivity index (χ1n) is 8.35. The number of hydrogen-bond acceptors (Lipinski definition) is 6. The minimum absolute atomic E-state index is 0.0588. The predicted octanol–water partition coefficient (Wildman–Crippen LogP) is 2.64. The third-order valence-corrected chi connectivity index (χ3v) is 5.61. The normalized spacial score (nSPS) is 15.5. The molecule has 2 aromatic rings. The summed E-state index contributed by atoms with van der Waals surface area (Å²) >= 11 is 3.26. The molecule has 1 amide bonds. The zero-order chi connectivity index (χ0) is 16.6. The number of carbonyl (C=O) groups is 1. The molecule has 7 heteroatoms. The van der Waals surface area contributed by atoms with E-state index in [0.29, 0.717) is 6.42 Å². The molecule has 3 heterocycles. The molecule has 130 valence electrons. The zero-order valence-corrected chi connectivity index (χ0v) is 15.3. The number of aromatic nitrogens is 1. The van der Waals surface area contributed by atoms with Crippen LogP contribution in [0.3, 0.4) is 0 Å². The van der Waals surface area contributed by atoms with Gasteiger partial charge in [-0.15, -0.1) is 11.3 Å². The van der Waals surface area contributed by atoms with Gasteiger partial charge in [-0.2, -0.15) is 11.3 Å². The van der Waals surface area contributed by atoms with Crippen molar-refractivity contribution >= 4 is 28.6 Å². The molecule has 1 aliphatic rings. The van der Waals surface area contributed by atoms with Crippen LogP contribution < -0.4 is 5.32 Å². The van der Waals surface area contributed by atoms with E-state index in [9.17, 15) is 4.79 Å². The van der Waals surface area contributed by atoms with E-state index in [4.69, 9.17) is 4.74 Å². The summed E-state index contributed by atoms with van der Waals surface area (Å²) in [5, 5.41) is 10.1. The van der Waals surface area contributed by atoms with E-state index in [0.717, 1.165) is 68.5 Å². The van der Waals surface area contributed by atoms with E-state index >= 15 is 0 Å². The zero-order valence-electron chi connectivity index (χ0n) is 13.7. The van der Waals surface area contributed by atoms with Crippen molar-refractivity contribution in [3.8, 4) is 10.6 Å². The van der Waals surface area contributed by atoms with Gasteiger partial charge in [0, 0.05) is 36.0 Å². The third-order valence-electron chi connectivity index (χ3n) is 3.99. The Morgan fingerprint density at radius 2 is 2.17 bits per heavy atom. The highest BCUT2D eigenvalue weighted by Gasteiger charge is 2.10. The maximum Gasteiger partial charge on any atom is 0.226 e. The third kappa shape index (κ3) is 5.37. The Hall–Kier alpha value is -1.28. The van der Waals surface area contributed by atoms with Crippen LogP contribution >= 0.6 is 22.7 Å². The molecule has 1 N–H and O–H groups in total. The average molecular weight is 366 g/mol. The Bertz CT molecular complexity index is 622. The smallest absolute Gasteiger partial charge is 0.226 e. The number of nitrogens with zero attached hydrogens (tertiary/aromatic N) is 2. The highest BCUT2D eigenvalue weighted by molar-refractivity contribution is 7.14. The first-order valence-corrected chi connectivity index (χ1v) is 10.2. The molecule has 5 nitrogen and oxygen atoms in total. The number of hydrogen-bond donors (Lipinski definition) is 1. The van der Waals surface area contributed by atoms with E-state index in [1.165, 1.54) is 0 Å². The number of ether oxygens (including phenoxy) is 1. The van der Waals surface area contributed by atoms with Gasteiger partial charge in [-0.1, -0.05) is 0 Å². The van der Waals surface area contributed by atoms with Crippen LogP contribution in [0.15, 0.2) is 22.2 Å². The van der Waals surface area contributed by atoms with Crippen LogP contribution in [0.1, 0.15) is 18.5 Å². The predicted molar refractivity (Wildman–Crippen MR) is 98.6 cm³/mol. The van der Waals surface area contributed by atoms with Crippen LogP contribution in [-0.4, -0.2) is 55.2 Å². The fourth-order valence-electron chi connectivity index (χ4n) is 2.65. The molecule has 1 saturated heterocycles. The van der Waals surface area contributed by atoms with Gasteiger partial charge in [0.25, 0.3) is 0 Å². The van der Waals surface area contributed by atoms with Gasteiger partial charge in [-0.05, 0) is 30.8 Å².